The molecule has 0 aliphatic carbocycles. The Balaban J connectivity index is 1.76. The van der Waals surface area contributed by atoms with Gasteiger partial charge in [0.2, 0.25) is 15.9 Å². The highest BCUT2D eigenvalue weighted by Gasteiger charge is 2.16. The summed E-state index contributed by atoms with van der Waals surface area (Å²) in [5, 5.41) is 8.74. The summed E-state index contributed by atoms with van der Waals surface area (Å²) in [6.45, 7) is 7.49. The van der Waals surface area contributed by atoms with Crippen molar-refractivity contribution in [3.63, 3.8) is 0 Å². The van der Waals surface area contributed by atoms with Gasteiger partial charge in [-0.2, -0.15) is 0 Å². The number of ether oxygens (including phenoxy) is 2. The minimum Gasteiger partial charge on any atom is -0.490 e. The maximum atomic E-state index is 12.6. The van der Waals surface area contributed by atoms with Crippen molar-refractivity contribution in [3.8, 4) is 11.5 Å². The Morgan fingerprint density at radius 2 is 1.82 bits per heavy atom. The van der Waals surface area contributed by atoms with Crippen LogP contribution >= 0.6 is 11.8 Å². The van der Waals surface area contributed by atoms with Gasteiger partial charge in [-0.1, -0.05) is 18.7 Å². The van der Waals surface area contributed by atoms with Gasteiger partial charge >= 0.3 is 0 Å². The highest BCUT2D eigenvalue weighted by Crippen LogP contribution is 2.31. The number of hydrogen-bond donors (Lipinski definition) is 2. The predicted octanol–water partition coefficient (Wildman–Crippen LogP) is 3.62. The number of thioether (sulfide) groups is 1. The van der Waals surface area contributed by atoms with Crippen LogP contribution in [-0.4, -0.2) is 42.8 Å². The van der Waals surface area contributed by atoms with Crippen molar-refractivity contribution < 1.29 is 22.7 Å². The molecule has 3 rings (SSSR count). The Morgan fingerprint density at radius 1 is 1.09 bits per heavy atom. The fraction of sp³-hybridized carbons (Fsp3) is 0.364. The van der Waals surface area contributed by atoms with Crippen molar-refractivity contribution in [2.45, 2.75) is 43.8 Å². The van der Waals surface area contributed by atoms with E-state index in [2.05, 4.69) is 10.3 Å². The fourth-order valence-electron chi connectivity index (χ4n) is 3.27. The zero-order valence-corrected chi connectivity index (χ0v) is 20.5. The lowest BCUT2D eigenvalue weighted by Gasteiger charge is -2.13. The number of amides is 1. The number of carbonyl (C=O) groups excluding carboxylic acids is 1. The Hall–Kier alpha value is -2.76. The Kier molecular flexibility index (Phi) is 8.22. The summed E-state index contributed by atoms with van der Waals surface area (Å²) in [5.41, 5.74) is 1.91. The normalized spacial score (nSPS) is 11.5. The summed E-state index contributed by atoms with van der Waals surface area (Å²) >= 11 is 1.28. The molecule has 33 heavy (non-hydrogen) atoms. The number of fused-ring (bicyclic) bond motifs is 1. The van der Waals surface area contributed by atoms with Crippen LogP contribution in [0.5, 0.6) is 11.5 Å². The first-order chi connectivity index (χ1) is 15.8. The molecule has 0 unspecified atom stereocenters. The van der Waals surface area contributed by atoms with Crippen LogP contribution in [0.2, 0.25) is 0 Å². The van der Waals surface area contributed by atoms with E-state index < -0.39 is 10.0 Å². The first-order valence-corrected chi connectivity index (χ1v) is 13.1. The van der Waals surface area contributed by atoms with Crippen molar-refractivity contribution >= 4 is 44.4 Å². The molecule has 0 bridgehead atoms. The van der Waals surface area contributed by atoms with Crippen molar-refractivity contribution in [2.24, 2.45) is 5.14 Å². The molecule has 0 spiro atoms. The van der Waals surface area contributed by atoms with Crippen LogP contribution in [0.4, 0.5) is 5.69 Å². The van der Waals surface area contributed by atoms with E-state index in [1.165, 1.54) is 23.9 Å². The number of aryl methyl sites for hydroxylation is 1. The van der Waals surface area contributed by atoms with Gasteiger partial charge in [0.05, 0.1) is 34.9 Å². The molecule has 1 amide bonds. The molecule has 1 heterocycles. The van der Waals surface area contributed by atoms with Crippen molar-refractivity contribution in [3.05, 3.63) is 36.4 Å². The van der Waals surface area contributed by atoms with E-state index in [4.69, 9.17) is 14.6 Å². The number of nitrogens with one attached hydrogen (secondary N) is 1. The number of anilines is 1. The quantitative estimate of drug-likeness (QED) is 0.392. The number of aromatic nitrogens is 2. The molecule has 0 fully saturated rings. The summed E-state index contributed by atoms with van der Waals surface area (Å²) in [7, 11) is -3.82. The number of sulfonamides is 1. The van der Waals surface area contributed by atoms with Crippen LogP contribution in [0, 0.1) is 0 Å². The maximum Gasteiger partial charge on any atom is 0.238 e. The molecular weight excluding hydrogens is 464 g/mol. The highest BCUT2D eigenvalue weighted by atomic mass is 32.2. The Labute approximate surface area is 197 Å². The van der Waals surface area contributed by atoms with Gasteiger partial charge in [0.1, 0.15) is 0 Å². The molecule has 0 saturated carbocycles. The minimum atomic E-state index is -3.82. The average molecular weight is 493 g/mol. The van der Waals surface area contributed by atoms with Gasteiger partial charge in [0.25, 0.3) is 0 Å². The van der Waals surface area contributed by atoms with Gasteiger partial charge in [-0.05, 0) is 50.6 Å². The number of carbonyl (C=O) groups is 1. The second kappa shape index (κ2) is 10.9. The number of imidazole rings is 1. The van der Waals surface area contributed by atoms with Crippen LogP contribution in [0.25, 0.3) is 11.0 Å². The van der Waals surface area contributed by atoms with Crippen molar-refractivity contribution in [1.29, 1.82) is 0 Å². The third-order valence-electron chi connectivity index (χ3n) is 4.62. The summed E-state index contributed by atoms with van der Waals surface area (Å²) in [6, 6.07) is 9.87. The third-order valence-corrected chi connectivity index (χ3v) is 6.51. The Morgan fingerprint density at radius 3 is 2.48 bits per heavy atom. The van der Waals surface area contributed by atoms with E-state index >= 15 is 0 Å². The van der Waals surface area contributed by atoms with Gasteiger partial charge in [-0.25, -0.2) is 18.5 Å². The SMILES string of the molecule is CCCn1c(SCC(=O)Nc2ccc(OCC)c(OCC)c2)nc2cc(S(N)(=O)=O)ccc21. The van der Waals surface area contributed by atoms with Crippen molar-refractivity contribution in [2.75, 3.05) is 24.3 Å². The number of hydrogen-bond acceptors (Lipinski definition) is 7. The van der Waals surface area contributed by atoms with E-state index in [0.29, 0.717) is 47.6 Å². The molecule has 0 saturated heterocycles. The lowest BCUT2D eigenvalue weighted by atomic mass is 10.2. The average Bonchev–Trinajstić information content (AvgIpc) is 3.11. The molecule has 1 aromatic heterocycles. The van der Waals surface area contributed by atoms with Gasteiger partial charge < -0.3 is 19.4 Å². The monoisotopic (exact) mass is 492 g/mol. The minimum absolute atomic E-state index is 0.00560. The molecule has 0 aliphatic rings. The number of primary sulfonamides is 1. The van der Waals surface area contributed by atoms with Gasteiger partial charge in [0.15, 0.2) is 16.7 Å². The molecule has 2 aromatic carbocycles. The van der Waals surface area contributed by atoms with E-state index in [9.17, 15) is 13.2 Å². The lowest BCUT2D eigenvalue weighted by Crippen LogP contribution is -2.15. The fourth-order valence-corrected chi connectivity index (χ4v) is 4.64. The highest BCUT2D eigenvalue weighted by molar-refractivity contribution is 7.99. The van der Waals surface area contributed by atoms with Gasteiger partial charge in [0, 0.05) is 18.3 Å². The van der Waals surface area contributed by atoms with Crippen molar-refractivity contribution in [1.82, 2.24) is 9.55 Å². The summed E-state index contributed by atoms with van der Waals surface area (Å²) < 4.78 is 36.5. The van der Waals surface area contributed by atoms with E-state index in [1.807, 2.05) is 25.3 Å². The molecule has 178 valence electrons. The summed E-state index contributed by atoms with van der Waals surface area (Å²) in [5.74, 6) is 1.12. The van der Waals surface area contributed by atoms with Crippen LogP contribution in [0.1, 0.15) is 27.2 Å². The van der Waals surface area contributed by atoms with E-state index in [1.54, 1.807) is 24.3 Å². The first kappa shape index (κ1) is 24.9. The number of benzene rings is 2. The van der Waals surface area contributed by atoms with E-state index in [0.717, 1.165) is 11.9 Å². The third kappa shape index (κ3) is 6.18. The first-order valence-electron chi connectivity index (χ1n) is 10.6. The molecule has 0 atom stereocenters. The van der Waals surface area contributed by atoms with Gasteiger partial charge in [-0.3, -0.25) is 4.79 Å². The number of nitrogens with two attached hydrogens (primary N) is 1. The largest absolute Gasteiger partial charge is 0.490 e. The van der Waals surface area contributed by atoms with Crippen LogP contribution in [0.3, 0.4) is 0 Å². The lowest BCUT2D eigenvalue weighted by molar-refractivity contribution is -0.113. The van der Waals surface area contributed by atoms with Gasteiger partial charge in [-0.15, -0.1) is 0 Å². The summed E-state index contributed by atoms with van der Waals surface area (Å²) in [6.07, 6.45) is 0.856. The molecule has 3 aromatic rings. The topological polar surface area (TPSA) is 126 Å². The predicted molar refractivity (Wildman–Crippen MR) is 130 cm³/mol. The zero-order chi connectivity index (χ0) is 24.0. The Bertz CT molecular complexity index is 1240. The molecule has 3 N–H and O–H groups in total. The molecular formula is C22H28N4O5S2. The van der Waals surface area contributed by atoms with E-state index in [-0.39, 0.29) is 16.6 Å². The molecule has 0 radical (unpaired) electrons. The smallest absolute Gasteiger partial charge is 0.238 e. The number of nitrogens with zero attached hydrogens (tertiary/aromatic N) is 2. The van der Waals surface area contributed by atoms with Crippen LogP contribution in [0.15, 0.2) is 46.5 Å². The standard InChI is InChI=1S/C22H28N4O5S2/c1-4-11-26-18-9-8-16(33(23,28)29)13-17(18)25-22(26)32-14-21(27)24-15-7-10-19(30-5-2)20(12-15)31-6-3/h7-10,12-13H,4-6,11,14H2,1-3H3,(H,24,27)(H2,23,28,29). The maximum absolute atomic E-state index is 12.6. The number of rotatable bonds is 11. The second-order valence-electron chi connectivity index (χ2n) is 7.11. The second-order valence-corrected chi connectivity index (χ2v) is 9.61. The molecule has 11 heteroatoms. The van der Waals surface area contributed by atoms with Crippen LogP contribution in [-0.2, 0) is 21.4 Å². The molecule has 0 aliphatic heterocycles. The summed E-state index contributed by atoms with van der Waals surface area (Å²) in [4.78, 5) is 17.1. The zero-order valence-electron chi connectivity index (χ0n) is 18.8. The van der Waals surface area contributed by atoms with Crippen LogP contribution < -0.4 is 19.9 Å². The molecule has 9 nitrogen and oxygen atoms in total.